The van der Waals surface area contributed by atoms with Crippen molar-refractivity contribution in [1.82, 2.24) is 10.6 Å². The number of nitrogens with one attached hydrogen (secondary N) is 2. The fraction of sp³-hybridized carbons (Fsp3) is 0.526. The van der Waals surface area contributed by atoms with Crippen molar-refractivity contribution in [3.63, 3.8) is 0 Å². The quantitative estimate of drug-likeness (QED) is 0.589. The largest absolute Gasteiger partial charge is 0.497 e. The molecule has 0 aliphatic heterocycles. The molecular weight excluding hydrogens is 336 g/mol. The maximum atomic E-state index is 12.4. The van der Waals surface area contributed by atoms with Crippen LogP contribution < -0.4 is 15.4 Å². The number of carbonyl (C=O) groups is 3. The Bertz CT molecular complexity index is 613. The summed E-state index contributed by atoms with van der Waals surface area (Å²) >= 11 is 0. The molecule has 2 unspecified atom stereocenters. The average molecular weight is 364 g/mol. The molecule has 0 bridgehead atoms. The Morgan fingerprint density at radius 2 is 1.77 bits per heavy atom. The lowest BCUT2D eigenvalue weighted by Crippen LogP contribution is -2.50. The normalized spacial score (nSPS) is 13.0. The van der Waals surface area contributed by atoms with Crippen LogP contribution in [0.25, 0.3) is 0 Å². The lowest BCUT2D eigenvalue weighted by molar-refractivity contribution is -0.142. The first-order valence-electron chi connectivity index (χ1n) is 8.75. The van der Waals surface area contributed by atoms with Gasteiger partial charge in [0.2, 0.25) is 5.91 Å². The second-order valence-electron chi connectivity index (χ2n) is 6.49. The minimum Gasteiger partial charge on any atom is -0.497 e. The van der Waals surface area contributed by atoms with Crippen LogP contribution in [0.2, 0.25) is 0 Å². The molecule has 2 amide bonds. The van der Waals surface area contributed by atoms with Gasteiger partial charge in [0.15, 0.2) is 0 Å². The van der Waals surface area contributed by atoms with Crippen molar-refractivity contribution >= 4 is 17.8 Å². The number of rotatable bonds is 10. The van der Waals surface area contributed by atoms with Crippen LogP contribution in [-0.4, -0.2) is 42.6 Å². The molecule has 0 saturated carbocycles. The van der Waals surface area contributed by atoms with Crippen LogP contribution >= 0.6 is 0 Å². The van der Waals surface area contributed by atoms with Gasteiger partial charge >= 0.3 is 5.97 Å². The highest BCUT2D eigenvalue weighted by Crippen LogP contribution is 2.12. The maximum Gasteiger partial charge on any atom is 0.308 e. The highest BCUT2D eigenvalue weighted by atomic mass is 16.5. The van der Waals surface area contributed by atoms with E-state index in [1.807, 2.05) is 20.8 Å². The first kappa shape index (κ1) is 21.5. The van der Waals surface area contributed by atoms with E-state index in [2.05, 4.69) is 10.6 Å². The summed E-state index contributed by atoms with van der Waals surface area (Å²) in [5, 5.41) is 14.5. The molecule has 3 N–H and O–H groups in total. The van der Waals surface area contributed by atoms with Crippen LogP contribution in [0.4, 0.5) is 0 Å². The smallest absolute Gasteiger partial charge is 0.308 e. The second kappa shape index (κ2) is 10.4. The number of amides is 2. The molecule has 0 fully saturated rings. The first-order valence-corrected chi connectivity index (χ1v) is 8.75. The molecule has 0 saturated heterocycles. The van der Waals surface area contributed by atoms with Gasteiger partial charge in [-0.2, -0.15) is 0 Å². The predicted octanol–water partition coefficient (Wildman–Crippen LogP) is 2.07. The van der Waals surface area contributed by atoms with Crippen molar-refractivity contribution in [2.24, 2.45) is 11.8 Å². The van der Waals surface area contributed by atoms with Gasteiger partial charge in [0, 0.05) is 12.1 Å². The highest BCUT2D eigenvalue weighted by Gasteiger charge is 2.26. The summed E-state index contributed by atoms with van der Waals surface area (Å²) in [6.45, 7) is 5.58. The molecule has 1 aromatic carbocycles. The van der Waals surface area contributed by atoms with Crippen molar-refractivity contribution in [3.8, 4) is 5.75 Å². The zero-order chi connectivity index (χ0) is 19.7. The van der Waals surface area contributed by atoms with Crippen LogP contribution in [0.5, 0.6) is 5.75 Å². The lowest BCUT2D eigenvalue weighted by Gasteiger charge is -2.23. The van der Waals surface area contributed by atoms with Gasteiger partial charge in [-0.05, 0) is 36.6 Å². The van der Waals surface area contributed by atoms with Gasteiger partial charge in [0.1, 0.15) is 11.8 Å². The number of carboxylic acids is 1. The Balaban J connectivity index is 2.73. The molecule has 0 aliphatic rings. The van der Waals surface area contributed by atoms with E-state index in [4.69, 9.17) is 4.74 Å². The molecule has 7 heteroatoms. The van der Waals surface area contributed by atoms with E-state index in [1.165, 1.54) is 7.11 Å². The van der Waals surface area contributed by atoms with Gasteiger partial charge in [-0.3, -0.25) is 14.4 Å². The molecule has 0 aromatic heterocycles. The summed E-state index contributed by atoms with van der Waals surface area (Å²) in [6.07, 6.45) is 1.20. The number of carbonyl (C=O) groups excluding carboxylic acids is 2. The zero-order valence-corrected chi connectivity index (χ0v) is 15.7. The Morgan fingerprint density at radius 3 is 2.23 bits per heavy atom. The Hall–Kier alpha value is -2.57. The molecule has 1 rings (SSSR count). The van der Waals surface area contributed by atoms with Crippen molar-refractivity contribution in [1.29, 1.82) is 0 Å². The summed E-state index contributed by atoms with van der Waals surface area (Å²) in [5.74, 6) is -1.83. The second-order valence-corrected chi connectivity index (χ2v) is 6.49. The van der Waals surface area contributed by atoms with Crippen molar-refractivity contribution in [3.05, 3.63) is 29.8 Å². The van der Waals surface area contributed by atoms with Crippen molar-refractivity contribution in [2.75, 3.05) is 13.7 Å². The summed E-state index contributed by atoms with van der Waals surface area (Å²) in [6, 6.07) is 5.82. The van der Waals surface area contributed by atoms with Gasteiger partial charge in [-0.15, -0.1) is 0 Å². The zero-order valence-electron chi connectivity index (χ0n) is 15.7. The molecule has 0 aliphatic carbocycles. The Morgan fingerprint density at radius 1 is 1.15 bits per heavy atom. The number of carboxylic acid groups (broad SMARTS) is 1. The molecule has 7 nitrogen and oxygen atoms in total. The highest BCUT2D eigenvalue weighted by molar-refractivity contribution is 5.97. The topological polar surface area (TPSA) is 105 Å². The predicted molar refractivity (Wildman–Crippen MR) is 98.1 cm³/mol. The van der Waals surface area contributed by atoms with Gasteiger partial charge in [-0.25, -0.2) is 0 Å². The number of hydrogen-bond acceptors (Lipinski definition) is 4. The summed E-state index contributed by atoms with van der Waals surface area (Å²) in [7, 11) is 1.54. The fourth-order valence-corrected chi connectivity index (χ4v) is 2.50. The van der Waals surface area contributed by atoms with Crippen molar-refractivity contribution < 1.29 is 24.2 Å². The van der Waals surface area contributed by atoms with Crippen LogP contribution in [0, 0.1) is 11.8 Å². The van der Waals surface area contributed by atoms with Crippen LogP contribution in [0.15, 0.2) is 24.3 Å². The third-order valence-corrected chi connectivity index (χ3v) is 4.10. The van der Waals surface area contributed by atoms with Crippen LogP contribution in [0.3, 0.4) is 0 Å². The third kappa shape index (κ3) is 6.38. The standard InChI is InChI=1S/C19H28N2O5/c1-5-6-14(19(24)25)11-20-18(23)16(12(2)3)21-17(22)13-7-9-15(26-4)10-8-13/h7-10,12,14,16H,5-6,11H2,1-4H3,(H,20,23)(H,21,22)(H,24,25). The average Bonchev–Trinajstić information content (AvgIpc) is 2.62. The summed E-state index contributed by atoms with van der Waals surface area (Å²) < 4.78 is 5.06. The molecule has 0 radical (unpaired) electrons. The number of ether oxygens (including phenoxy) is 1. The number of aliphatic carboxylic acids is 1. The minimum atomic E-state index is -0.935. The van der Waals surface area contributed by atoms with E-state index in [0.717, 1.165) is 0 Å². The molecule has 26 heavy (non-hydrogen) atoms. The maximum absolute atomic E-state index is 12.4. The van der Waals surface area contributed by atoms with E-state index >= 15 is 0 Å². The lowest BCUT2D eigenvalue weighted by atomic mass is 10.0. The van der Waals surface area contributed by atoms with E-state index in [-0.39, 0.29) is 24.3 Å². The molecule has 144 valence electrons. The van der Waals surface area contributed by atoms with Crippen LogP contribution in [0.1, 0.15) is 44.0 Å². The molecular formula is C19H28N2O5. The molecule has 1 aromatic rings. The molecule has 2 atom stereocenters. The Kier molecular flexibility index (Phi) is 8.61. The van der Waals surface area contributed by atoms with Crippen LogP contribution in [-0.2, 0) is 9.59 Å². The van der Waals surface area contributed by atoms with E-state index in [9.17, 15) is 19.5 Å². The van der Waals surface area contributed by atoms with E-state index < -0.39 is 17.9 Å². The van der Waals surface area contributed by atoms with Gasteiger partial charge < -0.3 is 20.5 Å². The van der Waals surface area contributed by atoms with Gasteiger partial charge in [-0.1, -0.05) is 27.2 Å². The Labute approximate surface area is 154 Å². The van der Waals surface area contributed by atoms with Gasteiger partial charge in [0.25, 0.3) is 5.91 Å². The van der Waals surface area contributed by atoms with E-state index in [0.29, 0.717) is 24.2 Å². The van der Waals surface area contributed by atoms with Crippen molar-refractivity contribution in [2.45, 2.75) is 39.7 Å². The van der Waals surface area contributed by atoms with E-state index in [1.54, 1.807) is 24.3 Å². The number of benzene rings is 1. The van der Waals surface area contributed by atoms with Gasteiger partial charge in [0.05, 0.1) is 13.0 Å². The molecule has 0 spiro atoms. The first-order chi connectivity index (χ1) is 12.3. The molecule has 0 heterocycles. The minimum absolute atomic E-state index is 0.0453. The monoisotopic (exact) mass is 364 g/mol. The summed E-state index contributed by atoms with van der Waals surface area (Å²) in [4.78, 5) is 36.0. The number of methoxy groups -OCH3 is 1. The summed E-state index contributed by atoms with van der Waals surface area (Å²) in [5.41, 5.74) is 0.415. The third-order valence-electron chi connectivity index (χ3n) is 4.10. The SMILES string of the molecule is CCCC(CNC(=O)C(NC(=O)c1ccc(OC)cc1)C(C)C)C(=O)O. The fourth-order valence-electron chi connectivity index (χ4n) is 2.50. The number of hydrogen-bond donors (Lipinski definition) is 3.